The number of nitrogens with zero attached hydrogens (tertiary/aromatic N) is 4. The van der Waals surface area contributed by atoms with Crippen LogP contribution in [0.3, 0.4) is 0 Å². The number of thiophene rings is 1. The van der Waals surface area contributed by atoms with Gasteiger partial charge in [-0.25, -0.2) is 0 Å². The number of hydrogen-bond acceptors (Lipinski definition) is 5. The second-order valence-electron chi connectivity index (χ2n) is 6.17. The third kappa shape index (κ3) is 3.43. The minimum Gasteiger partial charge on any atom is -0.292 e. The van der Waals surface area contributed by atoms with Gasteiger partial charge in [0, 0.05) is 20.9 Å². The standard InChI is InChI=1S/C18H20N4OS/c1-11(2)14-5-7-15(8-6-14)18-19-21-22(20-18)10-17(23)16-9-12(3)24-13(16)4/h5-9,11H,10H2,1-4H3. The van der Waals surface area contributed by atoms with Crippen LogP contribution in [0.5, 0.6) is 0 Å². The molecule has 0 saturated heterocycles. The average Bonchev–Trinajstić information content (AvgIpc) is 3.13. The first-order valence-electron chi connectivity index (χ1n) is 7.92. The van der Waals surface area contributed by atoms with Crippen LogP contribution in [-0.4, -0.2) is 26.0 Å². The van der Waals surface area contributed by atoms with Crippen molar-refractivity contribution in [3.05, 3.63) is 51.2 Å². The van der Waals surface area contributed by atoms with Gasteiger partial charge in [0.05, 0.1) is 0 Å². The van der Waals surface area contributed by atoms with E-state index in [0.717, 1.165) is 20.9 Å². The number of tetrazole rings is 1. The van der Waals surface area contributed by atoms with Crippen LogP contribution < -0.4 is 0 Å². The molecule has 0 N–H and O–H groups in total. The number of carbonyl (C=O) groups excluding carboxylic acids is 1. The quantitative estimate of drug-likeness (QED) is 0.658. The second-order valence-corrected chi connectivity index (χ2v) is 7.63. The molecular weight excluding hydrogens is 320 g/mol. The predicted molar refractivity (Wildman–Crippen MR) is 95.5 cm³/mol. The topological polar surface area (TPSA) is 60.7 Å². The van der Waals surface area contributed by atoms with E-state index in [0.29, 0.717) is 11.7 Å². The Hall–Kier alpha value is -2.34. The third-order valence-corrected chi connectivity index (χ3v) is 4.88. The lowest BCUT2D eigenvalue weighted by molar-refractivity contribution is 0.0961. The van der Waals surface area contributed by atoms with Crippen molar-refractivity contribution in [2.75, 3.05) is 0 Å². The van der Waals surface area contributed by atoms with Crippen LogP contribution in [-0.2, 0) is 6.54 Å². The Bertz CT molecular complexity index is 862. The first-order valence-corrected chi connectivity index (χ1v) is 8.74. The summed E-state index contributed by atoms with van der Waals surface area (Å²) in [5, 5.41) is 12.4. The maximum Gasteiger partial charge on any atom is 0.204 e. The molecule has 1 aromatic carbocycles. The van der Waals surface area contributed by atoms with Gasteiger partial charge in [-0.05, 0) is 36.6 Å². The van der Waals surface area contributed by atoms with E-state index in [1.807, 2.05) is 32.0 Å². The van der Waals surface area contributed by atoms with Crippen molar-refractivity contribution in [3.63, 3.8) is 0 Å². The molecule has 0 atom stereocenters. The van der Waals surface area contributed by atoms with E-state index in [4.69, 9.17) is 0 Å². The smallest absolute Gasteiger partial charge is 0.204 e. The Morgan fingerprint density at radius 2 is 1.92 bits per heavy atom. The molecule has 0 saturated carbocycles. The molecule has 3 aromatic rings. The Kier molecular flexibility index (Phi) is 4.57. The van der Waals surface area contributed by atoms with Crippen molar-refractivity contribution in [1.82, 2.24) is 20.2 Å². The minimum absolute atomic E-state index is 0.0101. The van der Waals surface area contributed by atoms with Crippen LogP contribution in [0.1, 0.15) is 45.4 Å². The van der Waals surface area contributed by atoms with E-state index in [1.165, 1.54) is 10.4 Å². The summed E-state index contributed by atoms with van der Waals surface area (Å²) in [4.78, 5) is 15.9. The normalized spacial score (nSPS) is 11.2. The molecule has 0 fully saturated rings. The summed E-state index contributed by atoms with van der Waals surface area (Å²) in [5.41, 5.74) is 2.92. The second kappa shape index (κ2) is 6.65. The fraction of sp³-hybridized carbons (Fsp3) is 0.333. The van der Waals surface area contributed by atoms with Gasteiger partial charge in [-0.2, -0.15) is 4.80 Å². The van der Waals surface area contributed by atoms with Gasteiger partial charge in [0.2, 0.25) is 5.82 Å². The number of aryl methyl sites for hydroxylation is 2. The highest BCUT2D eigenvalue weighted by molar-refractivity contribution is 7.12. The number of aromatic nitrogens is 4. The molecule has 0 amide bonds. The highest BCUT2D eigenvalue weighted by atomic mass is 32.1. The van der Waals surface area contributed by atoms with Crippen LogP contribution in [0, 0.1) is 13.8 Å². The average molecular weight is 340 g/mol. The van der Waals surface area contributed by atoms with E-state index in [1.54, 1.807) is 11.3 Å². The molecule has 6 heteroatoms. The minimum atomic E-state index is 0.0101. The van der Waals surface area contributed by atoms with Crippen LogP contribution in [0.2, 0.25) is 0 Å². The summed E-state index contributed by atoms with van der Waals surface area (Å²) in [6, 6.07) is 10.0. The molecule has 3 rings (SSSR count). The number of hydrogen-bond donors (Lipinski definition) is 0. The fourth-order valence-electron chi connectivity index (χ4n) is 2.56. The van der Waals surface area contributed by atoms with Crippen molar-refractivity contribution in [1.29, 1.82) is 0 Å². The SMILES string of the molecule is Cc1cc(C(=O)Cn2nnc(-c3ccc(C(C)C)cc3)n2)c(C)s1. The molecule has 0 bridgehead atoms. The molecule has 2 heterocycles. The van der Waals surface area contributed by atoms with E-state index < -0.39 is 0 Å². The van der Waals surface area contributed by atoms with Gasteiger partial charge in [-0.3, -0.25) is 4.79 Å². The Morgan fingerprint density at radius 1 is 1.21 bits per heavy atom. The first-order chi connectivity index (χ1) is 11.4. The van der Waals surface area contributed by atoms with Crippen molar-refractivity contribution in [2.24, 2.45) is 0 Å². The molecule has 0 aliphatic carbocycles. The summed E-state index contributed by atoms with van der Waals surface area (Å²) in [6.07, 6.45) is 0. The largest absolute Gasteiger partial charge is 0.292 e. The zero-order chi connectivity index (χ0) is 17.3. The van der Waals surface area contributed by atoms with Gasteiger partial charge in [0.25, 0.3) is 0 Å². The van der Waals surface area contributed by atoms with Crippen LogP contribution in [0.15, 0.2) is 30.3 Å². The molecule has 0 aliphatic heterocycles. The number of Topliss-reactive ketones (excluding diaryl/α,β-unsaturated/α-hetero) is 1. The van der Waals surface area contributed by atoms with E-state index in [-0.39, 0.29) is 12.3 Å². The summed E-state index contributed by atoms with van der Waals surface area (Å²) >= 11 is 1.63. The molecule has 5 nitrogen and oxygen atoms in total. The lowest BCUT2D eigenvalue weighted by Crippen LogP contribution is -2.13. The van der Waals surface area contributed by atoms with Crippen molar-refractivity contribution < 1.29 is 4.79 Å². The summed E-state index contributed by atoms with van der Waals surface area (Å²) in [5.74, 6) is 1.03. The molecule has 0 radical (unpaired) electrons. The summed E-state index contributed by atoms with van der Waals surface area (Å²) < 4.78 is 0. The highest BCUT2D eigenvalue weighted by Crippen LogP contribution is 2.22. The Morgan fingerprint density at radius 3 is 2.50 bits per heavy atom. The predicted octanol–water partition coefficient (Wildman–Crippen LogP) is 4.02. The molecule has 0 aliphatic rings. The highest BCUT2D eigenvalue weighted by Gasteiger charge is 2.15. The number of benzene rings is 1. The molecule has 0 unspecified atom stereocenters. The molecule has 0 spiro atoms. The van der Waals surface area contributed by atoms with Crippen molar-refractivity contribution >= 4 is 17.1 Å². The van der Waals surface area contributed by atoms with E-state index in [9.17, 15) is 4.79 Å². The number of rotatable bonds is 5. The van der Waals surface area contributed by atoms with Crippen LogP contribution >= 0.6 is 11.3 Å². The maximum atomic E-state index is 12.4. The van der Waals surface area contributed by atoms with Gasteiger partial charge in [-0.1, -0.05) is 38.1 Å². The monoisotopic (exact) mass is 340 g/mol. The zero-order valence-electron chi connectivity index (χ0n) is 14.3. The van der Waals surface area contributed by atoms with Crippen LogP contribution in [0.4, 0.5) is 0 Å². The van der Waals surface area contributed by atoms with E-state index >= 15 is 0 Å². The van der Waals surface area contributed by atoms with Crippen molar-refractivity contribution in [2.45, 2.75) is 40.2 Å². The molecule has 24 heavy (non-hydrogen) atoms. The lowest BCUT2D eigenvalue weighted by atomic mass is 10.0. The fourth-order valence-corrected chi connectivity index (χ4v) is 3.51. The third-order valence-electron chi connectivity index (χ3n) is 3.91. The van der Waals surface area contributed by atoms with Crippen LogP contribution in [0.25, 0.3) is 11.4 Å². The Labute approximate surface area is 145 Å². The maximum absolute atomic E-state index is 12.4. The van der Waals surface area contributed by atoms with Gasteiger partial charge >= 0.3 is 0 Å². The van der Waals surface area contributed by atoms with Gasteiger partial charge in [-0.15, -0.1) is 21.5 Å². The van der Waals surface area contributed by atoms with Gasteiger partial charge < -0.3 is 0 Å². The zero-order valence-corrected chi connectivity index (χ0v) is 15.1. The van der Waals surface area contributed by atoms with Crippen molar-refractivity contribution in [3.8, 4) is 11.4 Å². The summed E-state index contributed by atoms with van der Waals surface area (Å²) in [6.45, 7) is 8.38. The van der Waals surface area contributed by atoms with Gasteiger partial charge in [0.15, 0.2) is 5.78 Å². The number of ketones is 1. The molecule has 2 aromatic heterocycles. The summed E-state index contributed by atoms with van der Waals surface area (Å²) in [7, 11) is 0. The van der Waals surface area contributed by atoms with E-state index in [2.05, 4.69) is 41.4 Å². The molecule has 124 valence electrons. The Balaban J connectivity index is 1.76. The first kappa shape index (κ1) is 16.5. The lowest BCUT2D eigenvalue weighted by Gasteiger charge is -2.04. The van der Waals surface area contributed by atoms with Gasteiger partial charge in [0.1, 0.15) is 6.54 Å². The molecular formula is C18H20N4OS. The number of carbonyl (C=O) groups is 1.